The van der Waals surface area contributed by atoms with E-state index in [-0.39, 0.29) is 5.97 Å². The quantitative estimate of drug-likeness (QED) is 0.466. The Labute approximate surface area is 89.0 Å². The number of esters is 1. The zero-order chi connectivity index (χ0) is 10.4. The van der Waals surface area contributed by atoms with Crippen LogP contribution in [0.1, 0.15) is 5.56 Å². The minimum absolute atomic E-state index is 0.364. The Kier molecular flexibility index (Phi) is 4.26. The Morgan fingerprint density at radius 1 is 1.50 bits per heavy atom. The van der Waals surface area contributed by atoms with Crippen LogP contribution in [0.3, 0.4) is 0 Å². The summed E-state index contributed by atoms with van der Waals surface area (Å²) in [6, 6.07) is 7.73. The van der Waals surface area contributed by atoms with Crippen molar-refractivity contribution in [1.29, 1.82) is 0 Å². The molecule has 0 saturated heterocycles. The molecular weight excluding hydrogens is 196 g/mol. The van der Waals surface area contributed by atoms with Gasteiger partial charge in [-0.3, -0.25) is 0 Å². The van der Waals surface area contributed by atoms with Crippen LogP contribution in [0.25, 0.3) is 0 Å². The van der Waals surface area contributed by atoms with E-state index in [9.17, 15) is 4.79 Å². The third-order valence-corrected chi connectivity index (χ3v) is 2.21. The van der Waals surface area contributed by atoms with Gasteiger partial charge in [-0.15, -0.1) is 12.6 Å². The molecule has 0 atom stereocenters. The van der Waals surface area contributed by atoms with Crippen LogP contribution in [0.2, 0.25) is 0 Å². The van der Waals surface area contributed by atoms with Gasteiger partial charge in [0, 0.05) is 17.4 Å². The molecule has 1 rings (SSSR count). The molecule has 0 radical (unpaired) electrons. The van der Waals surface area contributed by atoms with Gasteiger partial charge in [0.15, 0.2) is 0 Å². The molecule has 0 spiro atoms. The van der Waals surface area contributed by atoms with Gasteiger partial charge >= 0.3 is 5.97 Å². The Morgan fingerprint density at radius 3 is 2.86 bits per heavy atom. The summed E-state index contributed by atoms with van der Waals surface area (Å²) in [7, 11) is 0. The third kappa shape index (κ3) is 3.26. The lowest BCUT2D eigenvalue weighted by Gasteiger charge is -2.04. The summed E-state index contributed by atoms with van der Waals surface area (Å²) < 4.78 is 4.86. The number of hydrogen-bond donors (Lipinski definition) is 1. The van der Waals surface area contributed by atoms with E-state index in [1.165, 1.54) is 0 Å². The topological polar surface area (TPSA) is 26.3 Å². The summed E-state index contributed by atoms with van der Waals surface area (Å²) in [4.78, 5) is 11.6. The monoisotopic (exact) mass is 208 g/mol. The van der Waals surface area contributed by atoms with Gasteiger partial charge in [-0.25, -0.2) is 4.79 Å². The van der Waals surface area contributed by atoms with Gasteiger partial charge in [-0.1, -0.05) is 24.8 Å². The summed E-state index contributed by atoms with van der Waals surface area (Å²) in [6.07, 6.45) is 1.84. The second kappa shape index (κ2) is 5.50. The molecule has 0 unspecified atom stereocenters. The maximum atomic E-state index is 10.7. The fraction of sp³-hybridized carbons (Fsp3) is 0.182. The molecule has 0 aliphatic carbocycles. The van der Waals surface area contributed by atoms with Crippen LogP contribution in [0.5, 0.6) is 0 Å². The zero-order valence-corrected chi connectivity index (χ0v) is 8.67. The molecule has 74 valence electrons. The van der Waals surface area contributed by atoms with Crippen molar-refractivity contribution in [2.75, 3.05) is 6.61 Å². The molecule has 1 aromatic carbocycles. The molecule has 0 aliphatic heterocycles. The Bertz CT molecular complexity index is 334. The van der Waals surface area contributed by atoms with Crippen molar-refractivity contribution >= 4 is 18.6 Å². The van der Waals surface area contributed by atoms with E-state index in [1.54, 1.807) is 0 Å². The standard InChI is InChI=1S/C11H12O2S/c1-2-11(12)13-8-7-9-5-3-4-6-10(9)14/h2-6,14H,1,7-8H2. The fourth-order valence-corrected chi connectivity index (χ4v) is 1.32. The molecule has 0 amide bonds. The number of hydrogen-bond acceptors (Lipinski definition) is 3. The first-order valence-corrected chi connectivity index (χ1v) is 4.75. The Morgan fingerprint density at radius 2 is 2.21 bits per heavy atom. The number of carbonyl (C=O) groups excluding carboxylic acids is 1. The van der Waals surface area contributed by atoms with Crippen molar-refractivity contribution in [3.8, 4) is 0 Å². The lowest BCUT2D eigenvalue weighted by molar-refractivity contribution is -0.137. The highest BCUT2D eigenvalue weighted by molar-refractivity contribution is 7.80. The van der Waals surface area contributed by atoms with Gasteiger partial charge in [-0.05, 0) is 11.6 Å². The lowest BCUT2D eigenvalue weighted by Crippen LogP contribution is -2.04. The van der Waals surface area contributed by atoms with Crippen LogP contribution < -0.4 is 0 Å². The number of carbonyl (C=O) groups is 1. The minimum Gasteiger partial charge on any atom is -0.462 e. The average molecular weight is 208 g/mol. The van der Waals surface area contributed by atoms with Crippen molar-refractivity contribution < 1.29 is 9.53 Å². The summed E-state index contributed by atoms with van der Waals surface area (Å²) in [6.45, 7) is 3.68. The van der Waals surface area contributed by atoms with E-state index in [2.05, 4.69) is 19.2 Å². The van der Waals surface area contributed by atoms with E-state index in [0.29, 0.717) is 13.0 Å². The van der Waals surface area contributed by atoms with Crippen LogP contribution in [-0.4, -0.2) is 12.6 Å². The average Bonchev–Trinajstić information content (AvgIpc) is 2.20. The smallest absolute Gasteiger partial charge is 0.330 e. The van der Waals surface area contributed by atoms with Crippen molar-refractivity contribution in [2.45, 2.75) is 11.3 Å². The second-order valence-electron chi connectivity index (χ2n) is 2.75. The fourth-order valence-electron chi connectivity index (χ4n) is 1.04. The molecule has 0 bridgehead atoms. The maximum absolute atomic E-state index is 10.7. The van der Waals surface area contributed by atoms with Crippen LogP contribution in [-0.2, 0) is 16.0 Å². The van der Waals surface area contributed by atoms with Crippen LogP contribution in [0, 0.1) is 0 Å². The number of ether oxygens (including phenoxy) is 1. The highest BCUT2D eigenvalue weighted by Gasteiger charge is 1.99. The van der Waals surface area contributed by atoms with Gasteiger partial charge in [0.25, 0.3) is 0 Å². The first-order chi connectivity index (χ1) is 6.74. The van der Waals surface area contributed by atoms with Gasteiger partial charge in [0.2, 0.25) is 0 Å². The molecule has 0 heterocycles. The third-order valence-electron chi connectivity index (χ3n) is 1.77. The molecule has 0 aromatic heterocycles. The van der Waals surface area contributed by atoms with Crippen molar-refractivity contribution in [1.82, 2.24) is 0 Å². The van der Waals surface area contributed by atoms with E-state index >= 15 is 0 Å². The molecule has 3 heteroatoms. The second-order valence-corrected chi connectivity index (χ2v) is 3.23. The summed E-state index contributed by atoms with van der Waals surface area (Å²) in [5, 5.41) is 0. The summed E-state index contributed by atoms with van der Waals surface area (Å²) in [5.74, 6) is -0.387. The predicted molar refractivity (Wildman–Crippen MR) is 58.6 cm³/mol. The first-order valence-electron chi connectivity index (χ1n) is 4.30. The highest BCUT2D eigenvalue weighted by Crippen LogP contribution is 2.13. The van der Waals surface area contributed by atoms with Gasteiger partial charge in [0.05, 0.1) is 6.61 Å². The van der Waals surface area contributed by atoms with Gasteiger partial charge in [0.1, 0.15) is 0 Å². The minimum atomic E-state index is -0.387. The summed E-state index contributed by atoms with van der Waals surface area (Å²) in [5.41, 5.74) is 1.08. The maximum Gasteiger partial charge on any atom is 0.330 e. The molecule has 0 saturated carbocycles. The van der Waals surface area contributed by atoms with E-state index in [4.69, 9.17) is 4.74 Å². The number of rotatable bonds is 4. The van der Waals surface area contributed by atoms with E-state index in [1.807, 2.05) is 24.3 Å². The molecule has 14 heavy (non-hydrogen) atoms. The molecule has 1 aromatic rings. The number of benzene rings is 1. The lowest BCUT2D eigenvalue weighted by atomic mass is 10.2. The number of thiol groups is 1. The molecule has 0 fully saturated rings. The van der Waals surface area contributed by atoms with Gasteiger partial charge < -0.3 is 4.74 Å². The normalized spacial score (nSPS) is 9.50. The van der Waals surface area contributed by atoms with Crippen LogP contribution in [0.15, 0.2) is 41.8 Å². The molecular formula is C11H12O2S. The van der Waals surface area contributed by atoms with Gasteiger partial charge in [-0.2, -0.15) is 0 Å². The molecule has 2 nitrogen and oxygen atoms in total. The Balaban J connectivity index is 2.42. The van der Waals surface area contributed by atoms with Crippen molar-refractivity contribution in [3.05, 3.63) is 42.5 Å². The van der Waals surface area contributed by atoms with E-state index < -0.39 is 0 Å². The zero-order valence-electron chi connectivity index (χ0n) is 7.77. The van der Waals surface area contributed by atoms with E-state index in [0.717, 1.165) is 16.5 Å². The molecule has 0 N–H and O–H groups in total. The Hall–Kier alpha value is -1.22. The predicted octanol–water partition coefficient (Wildman–Crippen LogP) is 2.25. The molecule has 0 aliphatic rings. The summed E-state index contributed by atoms with van der Waals surface area (Å²) >= 11 is 4.28. The largest absolute Gasteiger partial charge is 0.462 e. The first kappa shape index (κ1) is 10.9. The SMILES string of the molecule is C=CC(=O)OCCc1ccccc1S. The van der Waals surface area contributed by atoms with Crippen molar-refractivity contribution in [2.24, 2.45) is 0 Å². The highest BCUT2D eigenvalue weighted by atomic mass is 32.1. The van der Waals surface area contributed by atoms with Crippen molar-refractivity contribution in [3.63, 3.8) is 0 Å². The van der Waals surface area contributed by atoms with Crippen LogP contribution in [0.4, 0.5) is 0 Å². The van der Waals surface area contributed by atoms with Crippen LogP contribution >= 0.6 is 12.6 Å².